The van der Waals surface area contributed by atoms with Crippen molar-refractivity contribution in [1.29, 1.82) is 0 Å². The van der Waals surface area contributed by atoms with E-state index in [0.717, 1.165) is 32.1 Å². The molecule has 3 atom stereocenters. The van der Waals surface area contributed by atoms with Crippen LogP contribution in [0, 0.1) is 17.8 Å². The quantitative estimate of drug-likeness (QED) is 0.0794. The molecule has 0 spiro atoms. The fourth-order valence-corrected chi connectivity index (χ4v) is 4.71. The first-order chi connectivity index (χ1) is 19.0. The molecule has 0 N–H and O–H groups in total. The highest BCUT2D eigenvalue weighted by Crippen LogP contribution is 2.43. The fourth-order valence-electron chi connectivity index (χ4n) is 4.71. The van der Waals surface area contributed by atoms with Crippen molar-refractivity contribution in [2.75, 3.05) is 53.4 Å². The average Bonchev–Trinajstić information content (AvgIpc) is 3.56. The number of unbranched alkanes of at least 4 members (excludes halogenated alkanes) is 4. The molecular formula is C29H46O10. The fraction of sp³-hybridized carbons (Fsp3) is 0.793. The van der Waals surface area contributed by atoms with Gasteiger partial charge in [0.25, 0.3) is 0 Å². The van der Waals surface area contributed by atoms with Crippen molar-refractivity contribution in [2.24, 2.45) is 17.8 Å². The van der Waals surface area contributed by atoms with Crippen molar-refractivity contribution in [3.8, 4) is 0 Å². The van der Waals surface area contributed by atoms with E-state index in [4.69, 9.17) is 28.4 Å². The van der Waals surface area contributed by atoms with Gasteiger partial charge in [0.2, 0.25) is 0 Å². The second kappa shape index (κ2) is 20.4. The Labute approximate surface area is 232 Å². The lowest BCUT2D eigenvalue weighted by Crippen LogP contribution is -2.17. The van der Waals surface area contributed by atoms with Crippen LogP contribution < -0.4 is 0 Å². The van der Waals surface area contributed by atoms with Crippen LogP contribution in [0.25, 0.3) is 0 Å². The third-order valence-electron chi connectivity index (χ3n) is 6.91. The zero-order chi connectivity index (χ0) is 28.1. The number of allylic oxidation sites excluding steroid dienone is 2. The average molecular weight is 555 g/mol. The molecule has 2 aliphatic carbocycles. The molecule has 0 aromatic carbocycles. The van der Waals surface area contributed by atoms with E-state index in [1.165, 1.54) is 6.42 Å². The summed E-state index contributed by atoms with van der Waals surface area (Å²) in [5.41, 5.74) is 0. The molecule has 0 heterocycles. The number of esters is 4. The number of rotatable bonds is 23. The van der Waals surface area contributed by atoms with Crippen LogP contribution in [0.2, 0.25) is 0 Å². The standard InChI is InChI=1S/C29H46O10/c1-34-16-17-35-18-19-38-29(33)13-12-28(32)37-15-7-2-4-8-26(30)36-14-6-3-5-9-27(31)39-22-25-21-23-10-11-24(25)20-23/h10-11,23-25H,2-9,12-22H2,1H3. The predicted octanol–water partition coefficient (Wildman–Crippen LogP) is 3.94. The summed E-state index contributed by atoms with van der Waals surface area (Å²) in [6.45, 7) is 2.46. The van der Waals surface area contributed by atoms with Crippen LogP contribution in [-0.2, 0) is 47.6 Å². The molecule has 0 saturated heterocycles. The van der Waals surface area contributed by atoms with Gasteiger partial charge in [0.15, 0.2) is 0 Å². The second-order valence-electron chi connectivity index (χ2n) is 10.1. The summed E-state index contributed by atoms with van der Waals surface area (Å²) in [6, 6.07) is 0. The summed E-state index contributed by atoms with van der Waals surface area (Å²) in [7, 11) is 1.57. The van der Waals surface area contributed by atoms with E-state index in [2.05, 4.69) is 12.2 Å². The van der Waals surface area contributed by atoms with Crippen molar-refractivity contribution in [2.45, 2.75) is 77.0 Å². The summed E-state index contributed by atoms with van der Waals surface area (Å²) in [6.07, 6.45) is 11.8. The second-order valence-corrected chi connectivity index (χ2v) is 10.1. The largest absolute Gasteiger partial charge is 0.466 e. The van der Waals surface area contributed by atoms with Crippen LogP contribution >= 0.6 is 0 Å². The molecule has 1 fully saturated rings. The van der Waals surface area contributed by atoms with Gasteiger partial charge in [-0.2, -0.15) is 0 Å². The Morgan fingerprint density at radius 2 is 1.15 bits per heavy atom. The molecule has 0 aromatic rings. The van der Waals surface area contributed by atoms with Gasteiger partial charge in [-0.15, -0.1) is 0 Å². The summed E-state index contributed by atoms with van der Waals surface area (Å²) in [5.74, 6) is 0.467. The van der Waals surface area contributed by atoms with Crippen molar-refractivity contribution in [1.82, 2.24) is 0 Å². The number of hydrogen-bond donors (Lipinski definition) is 0. The van der Waals surface area contributed by atoms with Crippen LogP contribution in [-0.4, -0.2) is 77.2 Å². The van der Waals surface area contributed by atoms with Crippen molar-refractivity contribution < 1.29 is 47.6 Å². The number of carbonyl (C=O) groups excluding carboxylic acids is 4. The van der Waals surface area contributed by atoms with Gasteiger partial charge in [-0.05, 0) is 69.1 Å². The van der Waals surface area contributed by atoms with E-state index >= 15 is 0 Å². The minimum Gasteiger partial charge on any atom is -0.466 e. The summed E-state index contributed by atoms with van der Waals surface area (Å²) in [5, 5.41) is 0. The Morgan fingerprint density at radius 1 is 0.590 bits per heavy atom. The van der Waals surface area contributed by atoms with Gasteiger partial charge in [0, 0.05) is 20.0 Å². The smallest absolute Gasteiger partial charge is 0.306 e. The van der Waals surface area contributed by atoms with Crippen molar-refractivity contribution in [3.05, 3.63) is 12.2 Å². The Morgan fingerprint density at radius 3 is 1.72 bits per heavy atom. The third kappa shape index (κ3) is 15.7. The van der Waals surface area contributed by atoms with E-state index < -0.39 is 11.9 Å². The van der Waals surface area contributed by atoms with E-state index in [9.17, 15) is 19.2 Å². The first-order valence-electron chi connectivity index (χ1n) is 14.4. The van der Waals surface area contributed by atoms with E-state index in [-0.39, 0.29) is 44.6 Å². The zero-order valence-electron chi connectivity index (χ0n) is 23.4. The van der Waals surface area contributed by atoms with Gasteiger partial charge in [0.1, 0.15) is 6.61 Å². The zero-order valence-corrected chi connectivity index (χ0v) is 23.4. The van der Waals surface area contributed by atoms with Crippen molar-refractivity contribution >= 4 is 23.9 Å². The van der Waals surface area contributed by atoms with Crippen LogP contribution in [0.4, 0.5) is 0 Å². The Hall–Kier alpha value is -2.46. The third-order valence-corrected chi connectivity index (χ3v) is 6.91. The number of fused-ring (bicyclic) bond motifs is 2. The normalized spacial score (nSPS) is 19.2. The number of carbonyl (C=O) groups is 4. The van der Waals surface area contributed by atoms with E-state index in [0.29, 0.717) is 69.9 Å². The molecule has 10 nitrogen and oxygen atoms in total. The van der Waals surface area contributed by atoms with Crippen molar-refractivity contribution in [3.63, 3.8) is 0 Å². The van der Waals surface area contributed by atoms with Gasteiger partial charge >= 0.3 is 23.9 Å². The molecule has 2 rings (SSSR count). The molecule has 2 aliphatic rings. The topological polar surface area (TPSA) is 124 Å². The molecule has 2 bridgehead atoms. The first kappa shape index (κ1) is 32.8. The molecule has 0 radical (unpaired) electrons. The van der Waals surface area contributed by atoms with Crippen LogP contribution in [0.3, 0.4) is 0 Å². The molecule has 0 aliphatic heterocycles. The molecule has 0 amide bonds. The number of methoxy groups -OCH3 is 1. The van der Waals surface area contributed by atoms with Crippen LogP contribution in [0.5, 0.6) is 0 Å². The van der Waals surface area contributed by atoms with Crippen LogP contribution in [0.1, 0.15) is 77.0 Å². The summed E-state index contributed by atoms with van der Waals surface area (Å²) >= 11 is 0. The number of hydrogen-bond acceptors (Lipinski definition) is 10. The Balaban J connectivity index is 1.30. The highest BCUT2D eigenvalue weighted by atomic mass is 16.6. The maximum Gasteiger partial charge on any atom is 0.306 e. The highest BCUT2D eigenvalue weighted by molar-refractivity contribution is 5.77. The lowest BCUT2D eigenvalue weighted by Gasteiger charge is -2.17. The lowest BCUT2D eigenvalue weighted by atomic mass is 9.95. The SMILES string of the molecule is COCCOCCOC(=O)CCC(=O)OCCCCCC(=O)OCCCCCC(=O)OCC1CC2C=CC1C2. The molecule has 222 valence electrons. The minimum absolute atomic E-state index is 0.0318. The highest BCUT2D eigenvalue weighted by Gasteiger charge is 2.36. The predicted molar refractivity (Wildman–Crippen MR) is 142 cm³/mol. The van der Waals surface area contributed by atoms with Gasteiger partial charge in [0.05, 0.1) is 52.5 Å². The molecule has 39 heavy (non-hydrogen) atoms. The Kier molecular flexibility index (Phi) is 17.2. The monoisotopic (exact) mass is 554 g/mol. The van der Waals surface area contributed by atoms with E-state index in [1.54, 1.807) is 7.11 Å². The maximum absolute atomic E-state index is 11.9. The molecule has 10 heteroatoms. The molecular weight excluding hydrogens is 508 g/mol. The minimum atomic E-state index is -0.470. The van der Waals surface area contributed by atoms with E-state index in [1.807, 2.05) is 0 Å². The molecule has 0 aromatic heterocycles. The van der Waals surface area contributed by atoms with Crippen LogP contribution in [0.15, 0.2) is 12.2 Å². The Bertz CT molecular complexity index is 765. The molecule has 3 unspecified atom stereocenters. The maximum atomic E-state index is 11.9. The van der Waals surface area contributed by atoms with Gasteiger partial charge in [-0.1, -0.05) is 12.2 Å². The van der Waals surface area contributed by atoms with Gasteiger partial charge in [-0.3, -0.25) is 19.2 Å². The number of ether oxygens (including phenoxy) is 6. The van der Waals surface area contributed by atoms with Gasteiger partial charge in [-0.25, -0.2) is 0 Å². The van der Waals surface area contributed by atoms with Gasteiger partial charge < -0.3 is 28.4 Å². The summed E-state index contributed by atoms with van der Waals surface area (Å²) < 4.78 is 30.8. The summed E-state index contributed by atoms with van der Waals surface area (Å²) in [4.78, 5) is 47.1. The first-order valence-corrected chi connectivity index (χ1v) is 14.4. The molecule has 1 saturated carbocycles. The lowest BCUT2D eigenvalue weighted by molar-refractivity contribution is -0.151.